The average molecular weight is 503 g/mol. The number of fused-ring (bicyclic) bond motifs is 3. The number of rotatable bonds is 7. The van der Waals surface area contributed by atoms with Crippen molar-refractivity contribution in [2.75, 3.05) is 31.1 Å². The molecule has 1 saturated heterocycles. The highest BCUT2D eigenvalue weighted by Crippen LogP contribution is 2.40. The second-order valence-electron chi connectivity index (χ2n) is 10.9. The molecule has 2 aliphatic carbocycles. The molecule has 0 bridgehead atoms. The molecule has 0 spiro atoms. The fourth-order valence-electron chi connectivity index (χ4n) is 6.38. The Morgan fingerprint density at radius 1 is 0.917 bits per heavy atom. The summed E-state index contributed by atoms with van der Waals surface area (Å²) in [6.07, 6.45) is 13.8. The van der Waals surface area contributed by atoms with E-state index in [1.165, 1.54) is 71.2 Å². The first kappa shape index (κ1) is 23.9. The van der Waals surface area contributed by atoms with Gasteiger partial charge in [0, 0.05) is 43.9 Å². The monoisotopic (exact) mass is 502 g/mol. The van der Waals surface area contributed by atoms with Gasteiger partial charge in [-0.15, -0.1) is 11.3 Å². The van der Waals surface area contributed by atoms with E-state index in [2.05, 4.69) is 40.1 Å². The van der Waals surface area contributed by atoms with Crippen LogP contribution in [-0.4, -0.2) is 47.0 Å². The summed E-state index contributed by atoms with van der Waals surface area (Å²) in [7, 11) is 0. The summed E-state index contributed by atoms with van der Waals surface area (Å²) >= 11 is 1.90. The molecule has 190 valence electrons. The fraction of sp³-hybridized carbons (Fsp3) is 0.567. The third-order valence-corrected chi connectivity index (χ3v) is 9.68. The van der Waals surface area contributed by atoms with Crippen molar-refractivity contribution in [2.45, 2.75) is 77.0 Å². The standard InChI is InChI=1S/C30H38N4OS/c35-27(17-15-23-10-4-5-11-23)33-18-20-34(21-19-33)29-28-24-12-6-7-13-25(24)36-30(28)32-26(31-29)16-14-22-8-2-1-3-9-22/h1-3,8-9,23H,4-7,10-21H2. The van der Waals surface area contributed by atoms with Gasteiger partial charge in [-0.25, -0.2) is 9.97 Å². The van der Waals surface area contributed by atoms with Crippen molar-refractivity contribution in [3.63, 3.8) is 0 Å². The number of hydrogen-bond donors (Lipinski definition) is 0. The van der Waals surface area contributed by atoms with Gasteiger partial charge in [0.2, 0.25) is 5.91 Å². The number of amides is 1. The molecule has 3 aromatic rings. The molecule has 6 rings (SSSR count). The molecule has 1 amide bonds. The maximum atomic E-state index is 12.9. The van der Waals surface area contributed by atoms with Crippen LogP contribution >= 0.6 is 11.3 Å². The average Bonchev–Trinajstić information content (AvgIpc) is 3.58. The van der Waals surface area contributed by atoms with E-state index in [1.807, 2.05) is 11.3 Å². The topological polar surface area (TPSA) is 49.3 Å². The molecule has 0 N–H and O–H groups in total. The smallest absolute Gasteiger partial charge is 0.222 e. The molecule has 0 atom stereocenters. The van der Waals surface area contributed by atoms with Crippen molar-refractivity contribution in [1.29, 1.82) is 0 Å². The Morgan fingerprint density at radius 3 is 2.50 bits per heavy atom. The Labute approximate surface area is 218 Å². The van der Waals surface area contributed by atoms with Gasteiger partial charge in [-0.2, -0.15) is 0 Å². The number of aryl methyl sites for hydroxylation is 4. The summed E-state index contributed by atoms with van der Waals surface area (Å²) in [5, 5.41) is 1.30. The minimum Gasteiger partial charge on any atom is -0.352 e. The van der Waals surface area contributed by atoms with Crippen LogP contribution in [0.3, 0.4) is 0 Å². The lowest BCUT2D eigenvalue weighted by Crippen LogP contribution is -2.49. The maximum Gasteiger partial charge on any atom is 0.222 e. The highest BCUT2D eigenvalue weighted by Gasteiger charge is 2.28. The molecular formula is C30H38N4OS. The van der Waals surface area contributed by atoms with Crippen molar-refractivity contribution in [1.82, 2.24) is 14.9 Å². The predicted octanol–water partition coefficient (Wildman–Crippen LogP) is 5.97. The van der Waals surface area contributed by atoms with Crippen molar-refractivity contribution >= 4 is 33.3 Å². The number of anilines is 1. The van der Waals surface area contributed by atoms with Crippen molar-refractivity contribution in [3.8, 4) is 0 Å². The van der Waals surface area contributed by atoms with E-state index in [0.717, 1.165) is 75.8 Å². The quantitative estimate of drug-likeness (QED) is 0.399. The van der Waals surface area contributed by atoms with E-state index in [9.17, 15) is 4.79 Å². The first-order valence-corrected chi connectivity index (χ1v) is 14.9. The molecule has 5 nitrogen and oxygen atoms in total. The lowest BCUT2D eigenvalue weighted by Gasteiger charge is -2.36. The van der Waals surface area contributed by atoms with Crippen LogP contribution < -0.4 is 4.90 Å². The van der Waals surface area contributed by atoms with Gasteiger partial charge < -0.3 is 9.80 Å². The maximum absolute atomic E-state index is 12.9. The summed E-state index contributed by atoms with van der Waals surface area (Å²) in [6, 6.07) is 10.7. The first-order valence-electron chi connectivity index (χ1n) is 14.1. The fourth-order valence-corrected chi connectivity index (χ4v) is 7.65. The predicted molar refractivity (Wildman–Crippen MR) is 148 cm³/mol. The summed E-state index contributed by atoms with van der Waals surface area (Å²) in [5.74, 6) is 3.21. The number of nitrogens with zero attached hydrogens (tertiary/aromatic N) is 4. The zero-order valence-corrected chi connectivity index (χ0v) is 22.2. The van der Waals surface area contributed by atoms with E-state index >= 15 is 0 Å². The van der Waals surface area contributed by atoms with Gasteiger partial charge in [0.15, 0.2) is 0 Å². The SMILES string of the molecule is O=C(CCC1CCCC1)N1CCN(c2nc(CCc3ccccc3)nc3sc4c(c23)CCCC4)CC1. The third kappa shape index (κ3) is 5.15. The number of aromatic nitrogens is 2. The summed E-state index contributed by atoms with van der Waals surface area (Å²) in [6.45, 7) is 3.34. The van der Waals surface area contributed by atoms with E-state index in [-0.39, 0.29) is 0 Å². The first-order chi connectivity index (χ1) is 17.7. The minimum absolute atomic E-state index is 0.353. The van der Waals surface area contributed by atoms with Crippen LogP contribution in [0, 0.1) is 5.92 Å². The molecule has 1 aromatic carbocycles. The molecule has 3 aliphatic rings. The number of carbonyl (C=O) groups is 1. The lowest BCUT2D eigenvalue weighted by molar-refractivity contribution is -0.131. The highest BCUT2D eigenvalue weighted by atomic mass is 32.1. The van der Waals surface area contributed by atoms with Crippen LogP contribution in [0.25, 0.3) is 10.2 Å². The molecule has 1 aliphatic heterocycles. The lowest BCUT2D eigenvalue weighted by atomic mass is 9.96. The largest absolute Gasteiger partial charge is 0.352 e. The Balaban J connectivity index is 1.19. The van der Waals surface area contributed by atoms with E-state index in [0.29, 0.717) is 5.91 Å². The van der Waals surface area contributed by atoms with Crippen molar-refractivity contribution < 1.29 is 4.79 Å². The van der Waals surface area contributed by atoms with Gasteiger partial charge in [0.25, 0.3) is 0 Å². The van der Waals surface area contributed by atoms with E-state index in [1.54, 1.807) is 0 Å². The molecular weight excluding hydrogens is 464 g/mol. The van der Waals surface area contributed by atoms with E-state index in [4.69, 9.17) is 9.97 Å². The van der Waals surface area contributed by atoms with E-state index < -0.39 is 0 Å². The zero-order chi connectivity index (χ0) is 24.3. The summed E-state index contributed by atoms with van der Waals surface area (Å²) < 4.78 is 0. The number of benzene rings is 1. The van der Waals surface area contributed by atoms with Crippen molar-refractivity contribution in [3.05, 3.63) is 52.2 Å². The molecule has 2 fully saturated rings. The third-order valence-electron chi connectivity index (χ3n) is 8.50. The second-order valence-corrected chi connectivity index (χ2v) is 12.0. The molecule has 1 saturated carbocycles. The Hall–Kier alpha value is -2.47. The van der Waals surface area contributed by atoms with Crippen LogP contribution in [0.15, 0.2) is 30.3 Å². The van der Waals surface area contributed by atoms with Crippen LogP contribution in [0.4, 0.5) is 5.82 Å². The number of thiophene rings is 1. The highest BCUT2D eigenvalue weighted by molar-refractivity contribution is 7.19. The second kappa shape index (κ2) is 10.9. The Morgan fingerprint density at radius 2 is 1.69 bits per heavy atom. The minimum atomic E-state index is 0.353. The molecule has 0 radical (unpaired) electrons. The van der Waals surface area contributed by atoms with Gasteiger partial charge in [-0.1, -0.05) is 56.0 Å². The van der Waals surface area contributed by atoms with Gasteiger partial charge in [0.05, 0.1) is 5.39 Å². The molecule has 36 heavy (non-hydrogen) atoms. The number of piperazine rings is 1. The normalized spacial score (nSPS) is 18.7. The summed E-state index contributed by atoms with van der Waals surface area (Å²) in [4.78, 5) is 30.4. The number of carbonyl (C=O) groups excluding carboxylic acids is 1. The van der Waals surface area contributed by atoms with Crippen LogP contribution in [0.1, 0.15) is 73.2 Å². The van der Waals surface area contributed by atoms with Crippen LogP contribution in [0.2, 0.25) is 0 Å². The molecule has 2 aromatic heterocycles. The van der Waals surface area contributed by atoms with Crippen LogP contribution in [0.5, 0.6) is 0 Å². The molecule has 3 heterocycles. The van der Waals surface area contributed by atoms with Crippen molar-refractivity contribution in [2.24, 2.45) is 5.92 Å². The Kier molecular flexibility index (Phi) is 7.22. The van der Waals surface area contributed by atoms with Gasteiger partial charge in [0.1, 0.15) is 16.5 Å². The Bertz CT molecular complexity index is 1190. The van der Waals surface area contributed by atoms with Gasteiger partial charge >= 0.3 is 0 Å². The number of hydrogen-bond acceptors (Lipinski definition) is 5. The zero-order valence-electron chi connectivity index (χ0n) is 21.4. The molecule has 6 heteroatoms. The summed E-state index contributed by atoms with van der Waals surface area (Å²) in [5.41, 5.74) is 2.83. The molecule has 0 unspecified atom stereocenters. The van der Waals surface area contributed by atoms with Gasteiger partial charge in [-0.05, 0) is 55.6 Å². The van der Waals surface area contributed by atoms with Gasteiger partial charge in [-0.3, -0.25) is 4.79 Å². The van der Waals surface area contributed by atoms with Crippen LogP contribution in [-0.2, 0) is 30.5 Å².